The molecular formula is C4H4Cl3NO3. The van der Waals surface area contributed by atoms with Crippen LogP contribution in [-0.4, -0.2) is 27.3 Å². The predicted molar refractivity (Wildman–Crippen MR) is 40.5 cm³/mol. The van der Waals surface area contributed by atoms with Crippen molar-refractivity contribution in [2.45, 2.75) is 3.79 Å². The molecule has 0 atom stereocenters. The highest BCUT2D eigenvalue weighted by Gasteiger charge is 2.31. The van der Waals surface area contributed by atoms with E-state index in [1.165, 1.54) is 0 Å². The van der Waals surface area contributed by atoms with Crippen molar-refractivity contribution in [1.29, 1.82) is 0 Å². The maximum Gasteiger partial charge on any atom is 0.278 e. The third-order valence-corrected chi connectivity index (χ3v) is 1.17. The number of aliphatic hydroxyl groups excluding tert-OH is 1. The Bertz CT molecular complexity index is 176. The molecule has 0 aliphatic rings. The van der Waals surface area contributed by atoms with E-state index in [0.717, 1.165) is 0 Å². The van der Waals surface area contributed by atoms with Gasteiger partial charge in [-0.05, 0) is 0 Å². The Hall–Kier alpha value is -0.0300. The number of nitrogens with one attached hydrogen (secondary N) is 1. The van der Waals surface area contributed by atoms with Crippen LogP contribution in [0, 0.1) is 0 Å². The zero-order chi connectivity index (χ0) is 9.07. The first-order valence-electron chi connectivity index (χ1n) is 2.39. The maximum absolute atomic E-state index is 10.6. The number of alkyl halides is 3. The molecule has 0 rings (SSSR count). The van der Waals surface area contributed by atoms with Gasteiger partial charge in [0.2, 0.25) is 0 Å². The van der Waals surface area contributed by atoms with Crippen LogP contribution in [0.25, 0.3) is 0 Å². The van der Waals surface area contributed by atoms with Gasteiger partial charge in [-0.1, -0.05) is 34.8 Å². The van der Waals surface area contributed by atoms with Crippen molar-refractivity contribution >= 4 is 46.6 Å². The molecule has 0 aliphatic carbocycles. The van der Waals surface area contributed by atoms with Gasteiger partial charge in [0, 0.05) is 0 Å². The van der Waals surface area contributed by atoms with Crippen molar-refractivity contribution in [2.24, 2.45) is 0 Å². The quantitative estimate of drug-likeness (QED) is 0.611. The molecule has 0 aliphatic heterocycles. The second kappa shape index (κ2) is 4.11. The molecule has 11 heavy (non-hydrogen) atoms. The summed E-state index contributed by atoms with van der Waals surface area (Å²) in [5.41, 5.74) is 0. The predicted octanol–water partition coefficient (Wildman–Crippen LogP) is -0.00830. The van der Waals surface area contributed by atoms with Crippen LogP contribution in [0.2, 0.25) is 0 Å². The Morgan fingerprint density at radius 1 is 1.36 bits per heavy atom. The van der Waals surface area contributed by atoms with Crippen LogP contribution in [-0.2, 0) is 9.59 Å². The maximum atomic E-state index is 10.6. The molecule has 4 nitrogen and oxygen atoms in total. The van der Waals surface area contributed by atoms with Gasteiger partial charge in [0.05, 0.1) is 0 Å². The van der Waals surface area contributed by atoms with Gasteiger partial charge in [0.1, 0.15) is 6.61 Å². The monoisotopic (exact) mass is 219 g/mol. The van der Waals surface area contributed by atoms with E-state index < -0.39 is 22.2 Å². The van der Waals surface area contributed by atoms with E-state index in [-0.39, 0.29) is 0 Å². The molecule has 0 aromatic rings. The van der Waals surface area contributed by atoms with E-state index in [0.29, 0.717) is 0 Å². The van der Waals surface area contributed by atoms with Crippen molar-refractivity contribution in [2.75, 3.05) is 6.61 Å². The lowest BCUT2D eigenvalue weighted by molar-refractivity contribution is -0.131. The van der Waals surface area contributed by atoms with Gasteiger partial charge in [0.25, 0.3) is 15.6 Å². The number of halogens is 3. The summed E-state index contributed by atoms with van der Waals surface area (Å²) in [5.74, 6) is -2.00. The van der Waals surface area contributed by atoms with Crippen molar-refractivity contribution in [1.82, 2.24) is 5.32 Å². The van der Waals surface area contributed by atoms with E-state index in [1.54, 1.807) is 5.32 Å². The van der Waals surface area contributed by atoms with Gasteiger partial charge in [-0.3, -0.25) is 14.9 Å². The largest absolute Gasteiger partial charge is 0.387 e. The van der Waals surface area contributed by atoms with E-state index in [2.05, 4.69) is 0 Å². The lowest BCUT2D eigenvalue weighted by atomic mass is 10.6. The fourth-order valence-electron chi connectivity index (χ4n) is 0.237. The number of hydrogen-bond donors (Lipinski definition) is 2. The molecule has 64 valence electrons. The zero-order valence-electron chi connectivity index (χ0n) is 5.10. The number of rotatable bonds is 1. The summed E-state index contributed by atoms with van der Waals surface area (Å²) in [6, 6.07) is 0. The van der Waals surface area contributed by atoms with Crippen LogP contribution >= 0.6 is 34.8 Å². The minimum atomic E-state index is -2.18. The highest BCUT2D eigenvalue weighted by molar-refractivity contribution is 6.76. The van der Waals surface area contributed by atoms with Crippen molar-refractivity contribution in [3.63, 3.8) is 0 Å². The fraction of sp³-hybridized carbons (Fsp3) is 0.500. The number of aliphatic hydroxyl groups is 1. The van der Waals surface area contributed by atoms with Gasteiger partial charge in [-0.15, -0.1) is 0 Å². The number of carbonyl (C=O) groups is 2. The van der Waals surface area contributed by atoms with Crippen LogP contribution < -0.4 is 5.32 Å². The van der Waals surface area contributed by atoms with E-state index >= 15 is 0 Å². The third kappa shape index (κ3) is 4.42. The molecular weight excluding hydrogens is 216 g/mol. The minimum Gasteiger partial charge on any atom is -0.387 e. The number of hydrogen-bond acceptors (Lipinski definition) is 3. The van der Waals surface area contributed by atoms with Crippen LogP contribution in [0.5, 0.6) is 0 Å². The molecule has 0 aromatic heterocycles. The van der Waals surface area contributed by atoms with E-state index in [9.17, 15) is 9.59 Å². The SMILES string of the molecule is O=C(CO)NC(=O)C(Cl)(Cl)Cl. The number of amides is 2. The third-order valence-electron chi connectivity index (χ3n) is 0.654. The summed E-state index contributed by atoms with van der Waals surface area (Å²) >= 11 is 15.2. The molecule has 0 bridgehead atoms. The van der Waals surface area contributed by atoms with E-state index in [1.807, 2.05) is 0 Å². The fourth-order valence-corrected chi connectivity index (χ4v) is 0.379. The first-order valence-corrected chi connectivity index (χ1v) is 3.53. The normalized spacial score (nSPS) is 10.9. The van der Waals surface area contributed by atoms with Crippen LogP contribution in [0.15, 0.2) is 0 Å². The lowest BCUT2D eigenvalue weighted by Crippen LogP contribution is -2.40. The highest BCUT2D eigenvalue weighted by Crippen LogP contribution is 2.25. The van der Waals surface area contributed by atoms with Crippen LogP contribution in [0.3, 0.4) is 0 Å². The van der Waals surface area contributed by atoms with Crippen molar-refractivity contribution in [3.8, 4) is 0 Å². The molecule has 7 heteroatoms. The van der Waals surface area contributed by atoms with Gasteiger partial charge in [0.15, 0.2) is 0 Å². The molecule has 0 spiro atoms. The molecule has 0 saturated heterocycles. The molecule has 0 saturated carbocycles. The van der Waals surface area contributed by atoms with Crippen LogP contribution in [0.1, 0.15) is 0 Å². The molecule has 0 unspecified atom stereocenters. The summed E-state index contributed by atoms with van der Waals surface area (Å²) in [4.78, 5) is 20.9. The minimum absolute atomic E-state index is 0.827. The number of imide groups is 1. The van der Waals surface area contributed by atoms with Crippen LogP contribution in [0.4, 0.5) is 0 Å². The average molecular weight is 220 g/mol. The molecule has 0 radical (unpaired) electrons. The highest BCUT2D eigenvalue weighted by atomic mass is 35.6. The molecule has 2 N–H and O–H groups in total. The Balaban J connectivity index is 3.99. The Morgan fingerprint density at radius 2 is 1.82 bits per heavy atom. The summed E-state index contributed by atoms with van der Waals surface area (Å²) in [6.07, 6.45) is 0. The molecule has 0 heterocycles. The van der Waals surface area contributed by atoms with Crippen molar-refractivity contribution < 1.29 is 14.7 Å². The first kappa shape index (κ1) is 11.0. The Kier molecular flexibility index (Phi) is 4.10. The molecule has 0 aromatic carbocycles. The second-order valence-corrected chi connectivity index (χ2v) is 3.81. The average Bonchev–Trinajstić information content (AvgIpc) is 1.85. The topological polar surface area (TPSA) is 66.4 Å². The van der Waals surface area contributed by atoms with Gasteiger partial charge >= 0.3 is 0 Å². The standard InChI is InChI=1S/C4H4Cl3NO3/c5-4(6,7)3(11)8-2(10)1-9/h9H,1H2,(H,8,10,11). The molecule has 2 amide bonds. The summed E-state index contributed by atoms with van der Waals surface area (Å²) in [5, 5.41) is 9.80. The van der Waals surface area contributed by atoms with E-state index in [4.69, 9.17) is 39.9 Å². The smallest absolute Gasteiger partial charge is 0.278 e. The summed E-state index contributed by atoms with van der Waals surface area (Å²) in [7, 11) is 0. The lowest BCUT2D eigenvalue weighted by Gasteiger charge is -2.08. The Morgan fingerprint density at radius 3 is 2.09 bits per heavy atom. The summed E-state index contributed by atoms with van der Waals surface area (Å²) in [6.45, 7) is -0.827. The van der Waals surface area contributed by atoms with Gasteiger partial charge in [-0.25, -0.2) is 0 Å². The van der Waals surface area contributed by atoms with Crippen molar-refractivity contribution in [3.05, 3.63) is 0 Å². The number of carbonyl (C=O) groups excluding carboxylic acids is 2. The Labute approximate surface area is 77.4 Å². The second-order valence-electron chi connectivity index (χ2n) is 1.53. The first-order chi connectivity index (χ1) is 4.88. The van der Waals surface area contributed by atoms with Gasteiger partial charge < -0.3 is 5.11 Å². The van der Waals surface area contributed by atoms with Gasteiger partial charge in [-0.2, -0.15) is 0 Å². The molecule has 0 fully saturated rings. The zero-order valence-corrected chi connectivity index (χ0v) is 7.37. The summed E-state index contributed by atoms with van der Waals surface area (Å²) < 4.78 is -2.18.